The van der Waals surface area contributed by atoms with Crippen molar-refractivity contribution >= 4 is 17.0 Å². The minimum absolute atomic E-state index is 0.214. The maximum Gasteiger partial charge on any atom is 0.180 e. The maximum atomic E-state index is 13.3. The molecule has 84 valence electrons. The molecule has 16 heavy (non-hydrogen) atoms. The summed E-state index contributed by atoms with van der Waals surface area (Å²) in [6.07, 6.45) is 3.19. The number of halogens is 1. The molecular formula is C11H13FN4. The van der Waals surface area contributed by atoms with Gasteiger partial charge in [-0.25, -0.2) is 14.4 Å². The lowest BCUT2D eigenvalue weighted by Crippen LogP contribution is -2.24. The highest BCUT2D eigenvalue weighted by molar-refractivity contribution is 5.71. The SMILES string of the molecule is CC(C)(F)CNc1ccc2nccnc2n1. The van der Waals surface area contributed by atoms with Crippen molar-refractivity contribution in [3.8, 4) is 0 Å². The molecule has 0 saturated carbocycles. The van der Waals surface area contributed by atoms with Crippen LogP contribution in [0.15, 0.2) is 24.5 Å². The zero-order valence-electron chi connectivity index (χ0n) is 9.24. The Balaban J connectivity index is 2.20. The first-order valence-corrected chi connectivity index (χ1v) is 5.05. The van der Waals surface area contributed by atoms with Gasteiger partial charge in [-0.15, -0.1) is 0 Å². The van der Waals surface area contributed by atoms with E-state index in [0.717, 1.165) is 5.52 Å². The van der Waals surface area contributed by atoms with Gasteiger partial charge in [-0.3, -0.25) is 4.98 Å². The highest BCUT2D eigenvalue weighted by atomic mass is 19.1. The third-order valence-electron chi connectivity index (χ3n) is 2.02. The van der Waals surface area contributed by atoms with Crippen molar-refractivity contribution in [3.63, 3.8) is 0 Å². The molecule has 0 atom stereocenters. The van der Waals surface area contributed by atoms with E-state index in [0.29, 0.717) is 11.5 Å². The normalized spacial score (nSPS) is 11.7. The number of hydrogen-bond donors (Lipinski definition) is 1. The van der Waals surface area contributed by atoms with Gasteiger partial charge in [0, 0.05) is 18.9 Å². The Bertz CT molecular complexity index is 493. The third-order valence-corrected chi connectivity index (χ3v) is 2.02. The van der Waals surface area contributed by atoms with Crippen LogP contribution < -0.4 is 5.32 Å². The first-order chi connectivity index (χ1) is 7.54. The molecule has 0 aliphatic carbocycles. The Hall–Kier alpha value is -1.78. The largest absolute Gasteiger partial charge is 0.367 e. The van der Waals surface area contributed by atoms with E-state index in [1.165, 1.54) is 13.8 Å². The number of pyridine rings is 1. The smallest absolute Gasteiger partial charge is 0.180 e. The van der Waals surface area contributed by atoms with E-state index in [4.69, 9.17) is 0 Å². The molecule has 0 fully saturated rings. The van der Waals surface area contributed by atoms with E-state index in [9.17, 15) is 4.39 Å². The fourth-order valence-corrected chi connectivity index (χ4v) is 1.25. The van der Waals surface area contributed by atoms with Gasteiger partial charge in [0.1, 0.15) is 17.0 Å². The lowest BCUT2D eigenvalue weighted by Gasteiger charge is -2.15. The van der Waals surface area contributed by atoms with Gasteiger partial charge < -0.3 is 5.32 Å². The quantitative estimate of drug-likeness (QED) is 0.861. The first-order valence-electron chi connectivity index (χ1n) is 5.05. The molecule has 2 aromatic heterocycles. The summed E-state index contributed by atoms with van der Waals surface area (Å²) < 4.78 is 13.3. The van der Waals surface area contributed by atoms with Gasteiger partial charge in [0.2, 0.25) is 0 Å². The second kappa shape index (κ2) is 4.00. The predicted molar refractivity (Wildman–Crippen MR) is 61.0 cm³/mol. The van der Waals surface area contributed by atoms with Gasteiger partial charge in [0.15, 0.2) is 5.65 Å². The predicted octanol–water partition coefficient (Wildman–Crippen LogP) is 2.18. The summed E-state index contributed by atoms with van der Waals surface area (Å²) in [5.41, 5.74) is 0.0238. The monoisotopic (exact) mass is 220 g/mol. The molecule has 2 heterocycles. The summed E-state index contributed by atoms with van der Waals surface area (Å²) in [6.45, 7) is 3.24. The fourth-order valence-electron chi connectivity index (χ4n) is 1.25. The second-order valence-corrected chi connectivity index (χ2v) is 4.17. The van der Waals surface area contributed by atoms with E-state index < -0.39 is 5.67 Å². The standard InChI is InChI=1S/C11H13FN4/c1-11(2,12)7-15-9-4-3-8-10(16-9)14-6-5-13-8/h3-6H,7H2,1-2H3,(H,14,15,16). The zero-order valence-corrected chi connectivity index (χ0v) is 9.24. The molecule has 2 aromatic rings. The van der Waals surface area contributed by atoms with Crippen LogP contribution in [-0.2, 0) is 0 Å². The lowest BCUT2D eigenvalue weighted by molar-refractivity contribution is 0.235. The number of nitrogens with one attached hydrogen (secondary N) is 1. The van der Waals surface area contributed by atoms with Crippen molar-refractivity contribution < 1.29 is 4.39 Å². The van der Waals surface area contributed by atoms with Crippen LogP contribution in [-0.4, -0.2) is 27.2 Å². The van der Waals surface area contributed by atoms with E-state index in [-0.39, 0.29) is 6.54 Å². The minimum atomic E-state index is -1.26. The molecular weight excluding hydrogens is 207 g/mol. The summed E-state index contributed by atoms with van der Waals surface area (Å²) >= 11 is 0. The molecule has 0 aromatic carbocycles. The highest BCUT2D eigenvalue weighted by Crippen LogP contribution is 2.13. The Kier molecular flexibility index (Phi) is 2.68. The van der Waals surface area contributed by atoms with Crippen molar-refractivity contribution in [1.82, 2.24) is 15.0 Å². The topological polar surface area (TPSA) is 50.7 Å². The van der Waals surface area contributed by atoms with Crippen LogP contribution in [0.2, 0.25) is 0 Å². The van der Waals surface area contributed by atoms with Gasteiger partial charge in [0.25, 0.3) is 0 Å². The average Bonchev–Trinajstić information content (AvgIpc) is 2.25. The summed E-state index contributed by atoms with van der Waals surface area (Å²) in [4.78, 5) is 12.4. The number of alkyl halides is 1. The summed E-state index contributed by atoms with van der Waals surface area (Å²) in [6, 6.07) is 3.58. The fraction of sp³-hybridized carbons (Fsp3) is 0.364. The first kappa shape index (κ1) is 10.7. The Morgan fingerprint density at radius 2 is 2.00 bits per heavy atom. The van der Waals surface area contributed by atoms with Crippen LogP contribution in [0.4, 0.5) is 10.2 Å². The van der Waals surface area contributed by atoms with Gasteiger partial charge in [0.05, 0.1) is 0 Å². The molecule has 0 aliphatic rings. The van der Waals surface area contributed by atoms with Crippen LogP contribution in [0.25, 0.3) is 11.2 Å². The molecule has 4 nitrogen and oxygen atoms in total. The molecule has 0 unspecified atom stereocenters. The lowest BCUT2D eigenvalue weighted by atomic mass is 10.2. The van der Waals surface area contributed by atoms with Gasteiger partial charge in [-0.05, 0) is 26.0 Å². The molecule has 0 saturated heterocycles. The van der Waals surface area contributed by atoms with Crippen molar-refractivity contribution in [2.24, 2.45) is 0 Å². The van der Waals surface area contributed by atoms with Crippen molar-refractivity contribution in [2.45, 2.75) is 19.5 Å². The van der Waals surface area contributed by atoms with E-state index in [2.05, 4.69) is 20.3 Å². The van der Waals surface area contributed by atoms with Crippen LogP contribution in [0.5, 0.6) is 0 Å². The zero-order chi connectivity index (χ0) is 11.6. The van der Waals surface area contributed by atoms with Gasteiger partial charge >= 0.3 is 0 Å². The molecule has 5 heteroatoms. The van der Waals surface area contributed by atoms with Crippen molar-refractivity contribution in [1.29, 1.82) is 0 Å². The molecule has 1 N–H and O–H groups in total. The number of nitrogens with zero attached hydrogens (tertiary/aromatic N) is 3. The summed E-state index contributed by atoms with van der Waals surface area (Å²) in [5, 5.41) is 2.92. The number of fused-ring (bicyclic) bond motifs is 1. The van der Waals surface area contributed by atoms with Gasteiger partial charge in [-0.1, -0.05) is 0 Å². The average molecular weight is 220 g/mol. The second-order valence-electron chi connectivity index (χ2n) is 4.17. The third kappa shape index (κ3) is 2.62. The molecule has 2 rings (SSSR count). The van der Waals surface area contributed by atoms with Crippen LogP contribution >= 0.6 is 0 Å². The number of hydrogen-bond acceptors (Lipinski definition) is 4. The Morgan fingerprint density at radius 1 is 1.25 bits per heavy atom. The number of anilines is 1. The maximum absolute atomic E-state index is 13.3. The Morgan fingerprint density at radius 3 is 2.75 bits per heavy atom. The van der Waals surface area contributed by atoms with E-state index in [1.807, 2.05) is 6.07 Å². The van der Waals surface area contributed by atoms with Crippen LogP contribution in [0, 0.1) is 0 Å². The molecule has 0 radical (unpaired) electrons. The highest BCUT2D eigenvalue weighted by Gasteiger charge is 2.14. The Labute approximate surface area is 92.9 Å². The van der Waals surface area contributed by atoms with Crippen LogP contribution in [0.1, 0.15) is 13.8 Å². The van der Waals surface area contributed by atoms with E-state index in [1.54, 1.807) is 18.5 Å². The van der Waals surface area contributed by atoms with Crippen molar-refractivity contribution in [2.75, 3.05) is 11.9 Å². The summed E-state index contributed by atoms with van der Waals surface area (Å²) in [5.74, 6) is 0.610. The molecule has 0 bridgehead atoms. The van der Waals surface area contributed by atoms with E-state index >= 15 is 0 Å². The molecule has 0 spiro atoms. The van der Waals surface area contributed by atoms with Crippen LogP contribution in [0.3, 0.4) is 0 Å². The summed E-state index contributed by atoms with van der Waals surface area (Å²) in [7, 11) is 0. The van der Waals surface area contributed by atoms with Gasteiger partial charge in [-0.2, -0.15) is 0 Å². The minimum Gasteiger partial charge on any atom is -0.367 e. The molecule has 0 amide bonds. The number of aromatic nitrogens is 3. The van der Waals surface area contributed by atoms with Crippen molar-refractivity contribution in [3.05, 3.63) is 24.5 Å². The number of rotatable bonds is 3. The molecule has 0 aliphatic heterocycles.